The molecule has 1 rings (SSSR count). The summed E-state index contributed by atoms with van der Waals surface area (Å²) >= 11 is 0. The van der Waals surface area contributed by atoms with Gasteiger partial charge in [-0.2, -0.15) is 0 Å². The lowest BCUT2D eigenvalue weighted by molar-refractivity contribution is 0.197. The molecule has 1 saturated carbocycles. The van der Waals surface area contributed by atoms with Crippen molar-refractivity contribution < 1.29 is 0 Å². The Kier molecular flexibility index (Phi) is 4.94. The van der Waals surface area contributed by atoms with Gasteiger partial charge in [-0.05, 0) is 43.2 Å². The van der Waals surface area contributed by atoms with Crippen LogP contribution in [0.25, 0.3) is 0 Å². The highest BCUT2D eigenvalue weighted by Gasteiger charge is 2.24. The number of hydrogen-bond acceptors (Lipinski definition) is 1. The predicted octanol–water partition coefficient (Wildman–Crippen LogP) is 3.30. The summed E-state index contributed by atoms with van der Waals surface area (Å²) in [6.07, 6.45) is 4.32. The molecule has 0 aromatic rings. The summed E-state index contributed by atoms with van der Waals surface area (Å²) in [4.78, 5) is 0. The zero-order valence-electron chi connectivity index (χ0n) is 10.3. The fourth-order valence-corrected chi connectivity index (χ4v) is 2.49. The summed E-state index contributed by atoms with van der Waals surface area (Å²) in [7, 11) is 0. The standard InChI is InChI=1S/C13H27N/c1-10(2)8-14-9-13-7-11(3)5-6-12(13)4/h10-14H,5-9H2,1-4H3. The minimum Gasteiger partial charge on any atom is -0.316 e. The fourth-order valence-electron chi connectivity index (χ4n) is 2.49. The van der Waals surface area contributed by atoms with Crippen LogP contribution in [0.5, 0.6) is 0 Å². The number of hydrogen-bond donors (Lipinski definition) is 1. The Hall–Kier alpha value is -0.0400. The third-order valence-corrected chi connectivity index (χ3v) is 3.58. The molecule has 0 bridgehead atoms. The van der Waals surface area contributed by atoms with Gasteiger partial charge in [-0.1, -0.05) is 40.5 Å². The van der Waals surface area contributed by atoms with Gasteiger partial charge in [-0.25, -0.2) is 0 Å². The molecule has 0 aromatic carbocycles. The third kappa shape index (κ3) is 4.00. The van der Waals surface area contributed by atoms with E-state index in [0.717, 1.165) is 23.7 Å². The van der Waals surface area contributed by atoms with Gasteiger partial charge < -0.3 is 5.32 Å². The van der Waals surface area contributed by atoms with E-state index in [9.17, 15) is 0 Å². The second kappa shape index (κ2) is 5.75. The highest BCUT2D eigenvalue weighted by molar-refractivity contribution is 4.77. The predicted molar refractivity (Wildman–Crippen MR) is 63.4 cm³/mol. The van der Waals surface area contributed by atoms with Crippen molar-refractivity contribution in [3.05, 3.63) is 0 Å². The molecule has 1 N–H and O–H groups in total. The van der Waals surface area contributed by atoms with Gasteiger partial charge in [0.1, 0.15) is 0 Å². The number of rotatable bonds is 4. The molecule has 14 heavy (non-hydrogen) atoms. The third-order valence-electron chi connectivity index (χ3n) is 3.58. The highest BCUT2D eigenvalue weighted by Crippen LogP contribution is 2.32. The Morgan fingerprint density at radius 1 is 1.21 bits per heavy atom. The maximum absolute atomic E-state index is 3.61. The maximum atomic E-state index is 3.61. The first-order valence-corrected chi connectivity index (χ1v) is 6.30. The Morgan fingerprint density at radius 3 is 2.57 bits per heavy atom. The first-order valence-electron chi connectivity index (χ1n) is 6.30. The topological polar surface area (TPSA) is 12.0 Å². The van der Waals surface area contributed by atoms with Gasteiger partial charge in [0, 0.05) is 0 Å². The average Bonchev–Trinajstić information content (AvgIpc) is 2.10. The molecule has 0 amide bonds. The molecular weight excluding hydrogens is 170 g/mol. The van der Waals surface area contributed by atoms with Crippen LogP contribution in [0.15, 0.2) is 0 Å². The van der Waals surface area contributed by atoms with Crippen LogP contribution in [0.1, 0.15) is 47.0 Å². The zero-order valence-corrected chi connectivity index (χ0v) is 10.3. The van der Waals surface area contributed by atoms with E-state index < -0.39 is 0 Å². The summed E-state index contributed by atoms with van der Waals surface area (Å²) in [5, 5.41) is 3.61. The minimum absolute atomic E-state index is 0.784. The molecule has 0 radical (unpaired) electrons. The second-order valence-corrected chi connectivity index (χ2v) is 5.71. The van der Waals surface area contributed by atoms with E-state index in [0.29, 0.717) is 0 Å². The summed E-state index contributed by atoms with van der Waals surface area (Å²) in [6, 6.07) is 0. The van der Waals surface area contributed by atoms with Crippen LogP contribution in [0.3, 0.4) is 0 Å². The fraction of sp³-hybridized carbons (Fsp3) is 1.00. The maximum Gasteiger partial charge on any atom is -0.00178 e. The van der Waals surface area contributed by atoms with E-state index in [4.69, 9.17) is 0 Å². The summed E-state index contributed by atoms with van der Waals surface area (Å²) in [6.45, 7) is 11.8. The second-order valence-electron chi connectivity index (χ2n) is 5.71. The van der Waals surface area contributed by atoms with Gasteiger partial charge in [0.2, 0.25) is 0 Å². The van der Waals surface area contributed by atoms with Gasteiger partial charge in [0.25, 0.3) is 0 Å². The van der Waals surface area contributed by atoms with E-state index in [-0.39, 0.29) is 0 Å². The van der Waals surface area contributed by atoms with Crippen LogP contribution in [-0.2, 0) is 0 Å². The molecule has 0 aromatic heterocycles. The quantitative estimate of drug-likeness (QED) is 0.729. The van der Waals surface area contributed by atoms with Crippen LogP contribution >= 0.6 is 0 Å². The molecule has 0 heterocycles. The van der Waals surface area contributed by atoms with E-state index >= 15 is 0 Å². The van der Waals surface area contributed by atoms with Gasteiger partial charge in [0.05, 0.1) is 0 Å². The average molecular weight is 197 g/mol. The van der Waals surface area contributed by atoms with Gasteiger partial charge in [0.15, 0.2) is 0 Å². The molecule has 0 spiro atoms. The van der Waals surface area contributed by atoms with E-state index in [2.05, 4.69) is 33.0 Å². The molecule has 3 unspecified atom stereocenters. The first kappa shape index (κ1) is 12.0. The molecule has 1 heteroatoms. The van der Waals surface area contributed by atoms with E-state index in [1.165, 1.54) is 32.4 Å². The lowest BCUT2D eigenvalue weighted by Gasteiger charge is -2.33. The summed E-state index contributed by atoms with van der Waals surface area (Å²) in [5.74, 6) is 3.60. The number of nitrogens with one attached hydrogen (secondary N) is 1. The van der Waals surface area contributed by atoms with Crippen molar-refractivity contribution in [1.82, 2.24) is 5.32 Å². The van der Waals surface area contributed by atoms with Crippen molar-refractivity contribution in [1.29, 1.82) is 0 Å². The highest BCUT2D eigenvalue weighted by atomic mass is 14.9. The van der Waals surface area contributed by atoms with Crippen LogP contribution in [-0.4, -0.2) is 13.1 Å². The molecule has 3 atom stereocenters. The Balaban J connectivity index is 2.20. The molecule has 1 aliphatic rings. The lowest BCUT2D eigenvalue weighted by atomic mass is 9.75. The van der Waals surface area contributed by atoms with Crippen molar-refractivity contribution in [2.24, 2.45) is 23.7 Å². The van der Waals surface area contributed by atoms with Crippen LogP contribution in [0.4, 0.5) is 0 Å². The van der Waals surface area contributed by atoms with Crippen molar-refractivity contribution in [2.75, 3.05) is 13.1 Å². The van der Waals surface area contributed by atoms with Crippen LogP contribution < -0.4 is 5.32 Å². The van der Waals surface area contributed by atoms with Crippen LogP contribution in [0.2, 0.25) is 0 Å². The monoisotopic (exact) mass is 197 g/mol. The molecule has 0 aliphatic heterocycles. The molecule has 0 saturated heterocycles. The molecule has 1 aliphatic carbocycles. The Bertz CT molecular complexity index is 153. The van der Waals surface area contributed by atoms with Crippen molar-refractivity contribution in [2.45, 2.75) is 47.0 Å². The minimum atomic E-state index is 0.784. The molecule has 1 fully saturated rings. The van der Waals surface area contributed by atoms with Crippen molar-refractivity contribution in [3.63, 3.8) is 0 Å². The van der Waals surface area contributed by atoms with Gasteiger partial charge >= 0.3 is 0 Å². The van der Waals surface area contributed by atoms with Crippen molar-refractivity contribution in [3.8, 4) is 0 Å². The zero-order chi connectivity index (χ0) is 10.6. The molecule has 1 nitrogen and oxygen atoms in total. The van der Waals surface area contributed by atoms with E-state index in [1.54, 1.807) is 0 Å². The Morgan fingerprint density at radius 2 is 1.93 bits per heavy atom. The van der Waals surface area contributed by atoms with Gasteiger partial charge in [-0.3, -0.25) is 0 Å². The largest absolute Gasteiger partial charge is 0.316 e. The lowest BCUT2D eigenvalue weighted by Crippen LogP contribution is -2.33. The molecule has 84 valence electrons. The SMILES string of the molecule is CC(C)CNCC1CC(C)CCC1C. The van der Waals surface area contributed by atoms with Gasteiger partial charge in [-0.15, -0.1) is 0 Å². The van der Waals surface area contributed by atoms with E-state index in [1.807, 2.05) is 0 Å². The first-order chi connectivity index (χ1) is 6.59. The summed E-state index contributed by atoms with van der Waals surface area (Å²) < 4.78 is 0. The summed E-state index contributed by atoms with van der Waals surface area (Å²) in [5.41, 5.74) is 0. The van der Waals surface area contributed by atoms with Crippen molar-refractivity contribution >= 4 is 0 Å². The molecular formula is C13H27N. The Labute approximate surface area is 89.7 Å². The van der Waals surface area contributed by atoms with Crippen LogP contribution in [0, 0.1) is 23.7 Å². The normalized spacial score (nSPS) is 33.6. The smallest absolute Gasteiger partial charge is 0.00178 e.